The lowest BCUT2D eigenvalue weighted by molar-refractivity contribution is -0.143. The normalized spacial score (nSPS) is 24.9. The van der Waals surface area contributed by atoms with Crippen LogP contribution >= 0.6 is 0 Å². The molecule has 3 aliphatic rings. The number of amides is 5. The molecule has 1 aromatic carbocycles. The molecule has 0 spiro atoms. The summed E-state index contributed by atoms with van der Waals surface area (Å²) in [5.74, 6) is -2.08. The third-order valence-electron chi connectivity index (χ3n) is 8.09. The molecule has 0 radical (unpaired) electrons. The molecular weight excluding hydrogens is 538 g/mol. The highest BCUT2D eigenvalue weighted by molar-refractivity contribution is 5.98. The second-order valence-corrected chi connectivity index (χ2v) is 11.2. The van der Waals surface area contributed by atoms with Gasteiger partial charge in [0.1, 0.15) is 24.2 Å². The van der Waals surface area contributed by atoms with Gasteiger partial charge < -0.3 is 20.9 Å². The minimum atomic E-state index is -0.961. The van der Waals surface area contributed by atoms with Crippen molar-refractivity contribution >= 4 is 29.5 Å². The van der Waals surface area contributed by atoms with E-state index in [2.05, 4.69) is 22.0 Å². The van der Waals surface area contributed by atoms with Gasteiger partial charge in [0.2, 0.25) is 29.5 Å². The number of hydrogen-bond donors (Lipinski definition) is 5. The summed E-state index contributed by atoms with van der Waals surface area (Å²) in [4.78, 5) is 67.6. The summed E-state index contributed by atoms with van der Waals surface area (Å²) in [5, 5.41) is 17.4. The van der Waals surface area contributed by atoms with E-state index in [0.717, 1.165) is 24.0 Å². The van der Waals surface area contributed by atoms with Gasteiger partial charge in [0.15, 0.2) is 0 Å². The minimum Gasteiger partial charge on any atom is -0.343 e. The minimum absolute atomic E-state index is 0.145. The van der Waals surface area contributed by atoms with Crippen LogP contribution in [-0.2, 0) is 30.4 Å². The molecule has 4 atom stereocenters. The summed E-state index contributed by atoms with van der Waals surface area (Å²) in [6.07, 6.45) is 11.4. The van der Waals surface area contributed by atoms with E-state index in [9.17, 15) is 24.0 Å². The number of hydroxylamine groups is 1. The monoisotopic (exact) mass is 579 g/mol. The van der Waals surface area contributed by atoms with Crippen LogP contribution in [0.2, 0.25) is 0 Å². The van der Waals surface area contributed by atoms with Gasteiger partial charge in [-0.3, -0.25) is 29.2 Å². The van der Waals surface area contributed by atoms with Crippen molar-refractivity contribution in [1.29, 1.82) is 0 Å². The number of carbonyl (C=O) groups excluding carboxylic acids is 5. The zero-order valence-electron chi connectivity index (χ0n) is 23.8. The molecular formula is C31H41N5O6. The quantitative estimate of drug-likeness (QED) is 0.162. The molecule has 2 aliphatic heterocycles. The molecule has 5 N–H and O–H groups in total. The lowest BCUT2D eigenvalue weighted by Crippen LogP contribution is -2.61. The molecule has 11 heteroatoms. The predicted molar refractivity (Wildman–Crippen MR) is 155 cm³/mol. The van der Waals surface area contributed by atoms with Crippen molar-refractivity contribution in [1.82, 2.24) is 26.3 Å². The van der Waals surface area contributed by atoms with Crippen LogP contribution in [-0.4, -0.2) is 70.4 Å². The van der Waals surface area contributed by atoms with Gasteiger partial charge in [0.25, 0.3) is 0 Å². The smallest absolute Gasteiger partial charge is 0.246 e. The molecule has 42 heavy (non-hydrogen) atoms. The van der Waals surface area contributed by atoms with E-state index >= 15 is 0 Å². The Balaban J connectivity index is 1.58. The molecule has 2 saturated heterocycles. The van der Waals surface area contributed by atoms with Gasteiger partial charge in [-0.05, 0) is 50.5 Å². The fraction of sp³-hybridized carbons (Fsp3) is 0.516. The lowest BCUT2D eigenvalue weighted by Gasteiger charge is -2.33. The van der Waals surface area contributed by atoms with Crippen LogP contribution in [0.3, 0.4) is 0 Å². The van der Waals surface area contributed by atoms with Crippen LogP contribution in [0.25, 0.3) is 0 Å². The summed E-state index contributed by atoms with van der Waals surface area (Å²) in [6, 6.07) is 5.86. The van der Waals surface area contributed by atoms with Crippen LogP contribution in [0.1, 0.15) is 69.8 Å². The molecule has 5 amide bonds. The van der Waals surface area contributed by atoms with E-state index in [-0.39, 0.29) is 24.7 Å². The number of fused-ring (bicyclic) bond motifs is 1. The van der Waals surface area contributed by atoms with E-state index in [4.69, 9.17) is 5.21 Å². The standard InChI is InChI=1S/C31H41N5O6/c37-27(35-42)17-9-3-8-15-23-28(38)33-24(19-21-11-4-1-5-12-21)29(39)34-25(20-22-13-6-2-7-14-22)31(41)36-18-10-16-26(36)30(40)32-23/h1-2,4-6,11-13,23-26,42H,3,7-10,14-20H2,(H,32,40)(H,33,38)(H,34,39)(H,35,37)/t23-,24-,25-,26?/m0/s1. The van der Waals surface area contributed by atoms with E-state index in [1.165, 1.54) is 0 Å². The maximum atomic E-state index is 13.9. The number of nitrogens with one attached hydrogen (secondary N) is 4. The van der Waals surface area contributed by atoms with Crippen LogP contribution in [0.4, 0.5) is 0 Å². The summed E-state index contributed by atoms with van der Waals surface area (Å²) in [5.41, 5.74) is 3.49. The summed E-state index contributed by atoms with van der Waals surface area (Å²) >= 11 is 0. The predicted octanol–water partition coefficient (Wildman–Crippen LogP) is 1.81. The molecule has 226 valence electrons. The highest BCUT2D eigenvalue weighted by Gasteiger charge is 2.40. The Bertz CT molecular complexity index is 1200. The molecule has 11 nitrogen and oxygen atoms in total. The molecule has 1 aliphatic carbocycles. The third-order valence-corrected chi connectivity index (χ3v) is 8.09. The number of nitrogens with zero attached hydrogens (tertiary/aromatic N) is 1. The average molecular weight is 580 g/mol. The number of benzene rings is 1. The molecule has 2 heterocycles. The van der Waals surface area contributed by atoms with Gasteiger partial charge in [-0.2, -0.15) is 0 Å². The topological polar surface area (TPSA) is 157 Å². The van der Waals surface area contributed by atoms with Crippen molar-refractivity contribution in [3.63, 3.8) is 0 Å². The zero-order chi connectivity index (χ0) is 29.9. The molecule has 1 aromatic rings. The highest BCUT2D eigenvalue weighted by atomic mass is 16.5. The summed E-state index contributed by atoms with van der Waals surface area (Å²) in [6.45, 7) is 0.402. The summed E-state index contributed by atoms with van der Waals surface area (Å²) in [7, 11) is 0. The third kappa shape index (κ3) is 8.51. The van der Waals surface area contributed by atoms with E-state index in [0.29, 0.717) is 51.5 Å². The van der Waals surface area contributed by atoms with Crippen molar-refractivity contribution in [2.75, 3.05) is 6.54 Å². The zero-order valence-corrected chi connectivity index (χ0v) is 23.8. The molecule has 1 unspecified atom stereocenters. The van der Waals surface area contributed by atoms with Gasteiger partial charge in [0.05, 0.1) is 0 Å². The van der Waals surface area contributed by atoms with Crippen molar-refractivity contribution in [3.8, 4) is 0 Å². The SMILES string of the molecule is O=C(CCCCC[C@@H]1NC(=O)C2CCCN2C(=O)[C@H](CC2=CC=CCC2)NC(=O)[C@H](Cc2ccccc2)NC1=O)NO. The van der Waals surface area contributed by atoms with Gasteiger partial charge >= 0.3 is 0 Å². The van der Waals surface area contributed by atoms with Gasteiger partial charge in [0, 0.05) is 19.4 Å². The fourth-order valence-electron chi connectivity index (χ4n) is 5.80. The number of rotatable bonds is 10. The first-order valence-corrected chi connectivity index (χ1v) is 14.9. The number of allylic oxidation sites excluding steroid dienone is 3. The lowest BCUT2D eigenvalue weighted by atomic mass is 9.96. The van der Waals surface area contributed by atoms with Crippen molar-refractivity contribution < 1.29 is 29.2 Å². The van der Waals surface area contributed by atoms with Crippen molar-refractivity contribution in [2.45, 2.75) is 94.8 Å². The average Bonchev–Trinajstić information content (AvgIpc) is 3.50. The largest absolute Gasteiger partial charge is 0.343 e. The molecule has 2 fully saturated rings. The Kier molecular flexibility index (Phi) is 11.3. The van der Waals surface area contributed by atoms with Gasteiger partial charge in [-0.15, -0.1) is 0 Å². The molecule has 4 rings (SSSR count). The van der Waals surface area contributed by atoms with Crippen LogP contribution in [0.5, 0.6) is 0 Å². The maximum absolute atomic E-state index is 13.9. The Morgan fingerprint density at radius 3 is 2.38 bits per heavy atom. The molecule has 0 saturated carbocycles. The Labute approximate surface area is 246 Å². The number of unbranched alkanes of at least 4 members (excludes halogenated alkanes) is 2. The van der Waals surface area contributed by atoms with Gasteiger partial charge in [-0.25, -0.2) is 5.48 Å². The van der Waals surface area contributed by atoms with E-state index < -0.39 is 41.9 Å². The second kappa shape index (κ2) is 15.3. The van der Waals surface area contributed by atoms with Crippen molar-refractivity contribution in [3.05, 3.63) is 59.7 Å². The van der Waals surface area contributed by atoms with E-state index in [1.54, 1.807) is 10.4 Å². The first-order valence-electron chi connectivity index (χ1n) is 14.9. The Morgan fingerprint density at radius 1 is 0.905 bits per heavy atom. The fourth-order valence-corrected chi connectivity index (χ4v) is 5.80. The summed E-state index contributed by atoms with van der Waals surface area (Å²) < 4.78 is 0. The van der Waals surface area contributed by atoms with Crippen LogP contribution in [0.15, 0.2) is 54.1 Å². The second-order valence-electron chi connectivity index (χ2n) is 11.2. The van der Waals surface area contributed by atoms with E-state index in [1.807, 2.05) is 42.5 Å². The molecule has 0 aromatic heterocycles. The molecule has 0 bridgehead atoms. The highest BCUT2D eigenvalue weighted by Crippen LogP contribution is 2.24. The Hall–Kier alpha value is -3.99. The maximum Gasteiger partial charge on any atom is 0.246 e. The van der Waals surface area contributed by atoms with Crippen molar-refractivity contribution in [2.24, 2.45) is 0 Å². The number of hydrogen-bond acceptors (Lipinski definition) is 6. The van der Waals surface area contributed by atoms with Gasteiger partial charge in [-0.1, -0.05) is 67.0 Å². The Morgan fingerprint density at radius 2 is 1.64 bits per heavy atom. The first-order chi connectivity index (χ1) is 20.4. The first kappa shape index (κ1) is 31.0. The number of carbonyl (C=O) groups is 5. The van der Waals surface area contributed by atoms with Crippen LogP contribution in [0, 0.1) is 0 Å². The van der Waals surface area contributed by atoms with Crippen LogP contribution < -0.4 is 21.4 Å².